The predicted octanol–water partition coefficient (Wildman–Crippen LogP) is 2.52. The van der Waals surface area contributed by atoms with E-state index in [0.717, 1.165) is 19.5 Å². The fourth-order valence-electron chi connectivity index (χ4n) is 2.51. The number of benzene rings is 1. The maximum Gasteiger partial charge on any atom is 0.255 e. The second kappa shape index (κ2) is 5.87. The van der Waals surface area contributed by atoms with Crippen LogP contribution in [0.2, 0.25) is 0 Å². The van der Waals surface area contributed by atoms with Gasteiger partial charge in [-0.05, 0) is 30.9 Å². The molecule has 0 saturated carbocycles. The molecule has 1 saturated heterocycles. The van der Waals surface area contributed by atoms with Crippen LogP contribution < -0.4 is 5.32 Å². The molecule has 1 unspecified atom stereocenters. The van der Waals surface area contributed by atoms with Gasteiger partial charge < -0.3 is 10.2 Å². The third kappa shape index (κ3) is 3.34. The molecule has 1 aliphatic rings. The zero-order chi connectivity index (χ0) is 13.8. The first-order chi connectivity index (χ1) is 9.08. The third-order valence-corrected chi connectivity index (χ3v) is 3.41. The van der Waals surface area contributed by atoms with Crippen molar-refractivity contribution in [1.29, 1.82) is 0 Å². The number of rotatable bonds is 2. The van der Waals surface area contributed by atoms with Crippen LogP contribution in [0.4, 0.5) is 5.69 Å². The Morgan fingerprint density at radius 1 is 1.32 bits per heavy atom. The lowest BCUT2D eigenvalue weighted by molar-refractivity contribution is -0.114. The Morgan fingerprint density at radius 3 is 2.74 bits per heavy atom. The van der Waals surface area contributed by atoms with E-state index in [4.69, 9.17) is 0 Å². The number of anilines is 1. The van der Waals surface area contributed by atoms with Crippen LogP contribution in [0.5, 0.6) is 0 Å². The van der Waals surface area contributed by atoms with Crippen molar-refractivity contribution < 1.29 is 9.59 Å². The van der Waals surface area contributed by atoms with Gasteiger partial charge in [0, 0.05) is 20.0 Å². The SMILES string of the molecule is CC(=O)Nc1ccccc1C(=O)N1CCCC(C)C1. The van der Waals surface area contributed by atoms with Crippen LogP contribution in [0.25, 0.3) is 0 Å². The van der Waals surface area contributed by atoms with Gasteiger partial charge in [-0.1, -0.05) is 19.1 Å². The van der Waals surface area contributed by atoms with Gasteiger partial charge in [0.25, 0.3) is 5.91 Å². The summed E-state index contributed by atoms with van der Waals surface area (Å²) < 4.78 is 0. The van der Waals surface area contributed by atoms with Crippen molar-refractivity contribution in [2.24, 2.45) is 5.92 Å². The van der Waals surface area contributed by atoms with Gasteiger partial charge in [-0.2, -0.15) is 0 Å². The number of amides is 2. The highest BCUT2D eigenvalue weighted by Crippen LogP contribution is 2.21. The first-order valence-electron chi connectivity index (χ1n) is 6.74. The molecule has 1 aromatic rings. The van der Waals surface area contributed by atoms with Crippen molar-refractivity contribution in [1.82, 2.24) is 4.90 Å². The van der Waals surface area contributed by atoms with E-state index in [9.17, 15) is 9.59 Å². The van der Waals surface area contributed by atoms with E-state index in [1.807, 2.05) is 17.0 Å². The second-order valence-electron chi connectivity index (χ2n) is 5.23. The number of hydrogen-bond donors (Lipinski definition) is 1. The Hall–Kier alpha value is -1.84. The number of carbonyl (C=O) groups is 2. The summed E-state index contributed by atoms with van der Waals surface area (Å²) in [4.78, 5) is 25.6. The van der Waals surface area contributed by atoms with Gasteiger partial charge in [0.2, 0.25) is 5.91 Å². The number of nitrogens with one attached hydrogen (secondary N) is 1. The zero-order valence-corrected chi connectivity index (χ0v) is 11.5. The minimum Gasteiger partial charge on any atom is -0.338 e. The third-order valence-electron chi connectivity index (χ3n) is 3.41. The van der Waals surface area contributed by atoms with Crippen LogP contribution in [0, 0.1) is 5.92 Å². The van der Waals surface area contributed by atoms with Crippen molar-refractivity contribution in [2.75, 3.05) is 18.4 Å². The summed E-state index contributed by atoms with van der Waals surface area (Å²) in [5.41, 5.74) is 1.17. The number of para-hydroxylation sites is 1. The summed E-state index contributed by atoms with van der Waals surface area (Å²) in [5.74, 6) is 0.397. The van der Waals surface area contributed by atoms with E-state index in [1.165, 1.54) is 13.3 Å². The van der Waals surface area contributed by atoms with E-state index in [-0.39, 0.29) is 11.8 Å². The lowest BCUT2D eigenvalue weighted by Crippen LogP contribution is -2.39. The molecule has 4 nitrogen and oxygen atoms in total. The first kappa shape index (κ1) is 13.6. The molecule has 1 atom stereocenters. The van der Waals surface area contributed by atoms with Gasteiger partial charge >= 0.3 is 0 Å². The van der Waals surface area contributed by atoms with E-state index < -0.39 is 0 Å². The average molecular weight is 260 g/mol. The normalized spacial score (nSPS) is 19.1. The highest BCUT2D eigenvalue weighted by atomic mass is 16.2. The zero-order valence-electron chi connectivity index (χ0n) is 11.5. The lowest BCUT2D eigenvalue weighted by atomic mass is 9.99. The van der Waals surface area contributed by atoms with Crippen molar-refractivity contribution in [3.63, 3.8) is 0 Å². The van der Waals surface area contributed by atoms with Crippen molar-refractivity contribution in [3.8, 4) is 0 Å². The number of hydrogen-bond acceptors (Lipinski definition) is 2. The molecule has 1 heterocycles. The Kier molecular flexibility index (Phi) is 4.20. The minimum absolute atomic E-state index is 0.0101. The summed E-state index contributed by atoms with van der Waals surface area (Å²) in [5, 5.41) is 2.72. The summed E-state index contributed by atoms with van der Waals surface area (Å²) in [7, 11) is 0. The topological polar surface area (TPSA) is 49.4 Å². The number of nitrogens with zero attached hydrogens (tertiary/aromatic N) is 1. The van der Waals surface area contributed by atoms with E-state index in [1.54, 1.807) is 12.1 Å². The molecule has 0 bridgehead atoms. The first-order valence-corrected chi connectivity index (χ1v) is 6.74. The Balaban J connectivity index is 2.20. The van der Waals surface area contributed by atoms with Crippen LogP contribution in [0.15, 0.2) is 24.3 Å². The second-order valence-corrected chi connectivity index (χ2v) is 5.23. The van der Waals surface area contributed by atoms with Crippen LogP contribution in [-0.2, 0) is 4.79 Å². The van der Waals surface area contributed by atoms with Gasteiger partial charge in [-0.15, -0.1) is 0 Å². The van der Waals surface area contributed by atoms with Crippen molar-refractivity contribution in [2.45, 2.75) is 26.7 Å². The highest BCUT2D eigenvalue weighted by Gasteiger charge is 2.23. The predicted molar refractivity (Wildman–Crippen MR) is 75.0 cm³/mol. The van der Waals surface area contributed by atoms with E-state index in [2.05, 4.69) is 12.2 Å². The highest BCUT2D eigenvalue weighted by molar-refractivity contribution is 6.03. The van der Waals surface area contributed by atoms with Gasteiger partial charge in [-0.25, -0.2) is 0 Å². The van der Waals surface area contributed by atoms with E-state index in [0.29, 0.717) is 17.2 Å². The molecule has 19 heavy (non-hydrogen) atoms. The Labute approximate surface area is 113 Å². The number of carbonyl (C=O) groups excluding carboxylic acids is 2. The van der Waals surface area contributed by atoms with Gasteiger partial charge in [0.15, 0.2) is 0 Å². The molecule has 4 heteroatoms. The maximum absolute atomic E-state index is 12.5. The molecule has 2 amide bonds. The Bertz CT molecular complexity index is 485. The van der Waals surface area contributed by atoms with E-state index >= 15 is 0 Å². The summed E-state index contributed by atoms with van der Waals surface area (Å²) in [6, 6.07) is 7.18. The van der Waals surface area contributed by atoms with Gasteiger partial charge in [0.05, 0.1) is 11.3 Å². The summed E-state index contributed by atoms with van der Waals surface area (Å²) in [6.07, 6.45) is 2.23. The van der Waals surface area contributed by atoms with Crippen molar-refractivity contribution >= 4 is 17.5 Å². The molecular formula is C15H20N2O2. The molecule has 1 aromatic carbocycles. The van der Waals surface area contributed by atoms with Gasteiger partial charge in [-0.3, -0.25) is 9.59 Å². The van der Waals surface area contributed by atoms with Crippen LogP contribution in [0.1, 0.15) is 37.0 Å². The monoisotopic (exact) mass is 260 g/mol. The molecule has 0 radical (unpaired) electrons. The van der Waals surface area contributed by atoms with Crippen LogP contribution in [-0.4, -0.2) is 29.8 Å². The molecular weight excluding hydrogens is 240 g/mol. The lowest BCUT2D eigenvalue weighted by Gasteiger charge is -2.31. The molecule has 0 spiro atoms. The molecule has 0 aromatic heterocycles. The summed E-state index contributed by atoms with van der Waals surface area (Å²) in [6.45, 7) is 5.22. The smallest absolute Gasteiger partial charge is 0.255 e. The molecule has 2 rings (SSSR count). The van der Waals surface area contributed by atoms with Crippen molar-refractivity contribution in [3.05, 3.63) is 29.8 Å². The molecule has 1 N–H and O–H groups in total. The molecule has 102 valence electrons. The Morgan fingerprint density at radius 2 is 2.05 bits per heavy atom. The largest absolute Gasteiger partial charge is 0.338 e. The van der Waals surface area contributed by atoms with Crippen LogP contribution >= 0.6 is 0 Å². The number of likely N-dealkylation sites (tertiary alicyclic amines) is 1. The fourth-order valence-corrected chi connectivity index (χ4v) is 2.51. The average Bonchev–Trinajstić information content (AvgIpc) is 2.38. The number of piperidine rings is 1. The molecule has 1 fully saturated rings. The molecule has 1 aliphatic heterocycles. The minimum atomic E-state index is -0.160. The maximum atomic E-state index is 12.5. The summed E-state index contributed by atoms with van der Waals surface area (Å²) >= 11 is 0. The molecule has 0 aliphatic carbocycles. The van der Waals surface area contributed by atoms with Gasteiger partial charge in [0.1, 0.15) is 0 Å². The van der Waals surface area contributed by atoms with Crippen LogP contribution in [0.3, 0.4) is 0 Å². The quantitative estimate of drug-likeness (QED) is 0.888. The standard InChI is InChI=1S/C15H20N2O2/c1-11-6-5-9-17(10-11)15(19)13-7-3-4-8-14(13)16-12(2)18/h3-4,7-8,11H,5-6,9-10H2,1-2H3,(H,16,18). The fraction of sp³-hybridized carbons (Fsp3) is 0.467.